The third kappa shape index (κ3) is 7.00. The number of carbonyl (C=O) groups excluding carboxylic acids is 2. The highest BCUT2D eigenvalue weighted by atomic mass is 16.5. The summed E-state index contributed by atoms with van der Waals surface area (Å²) in [5.41, 5.74) is 3.86. The molecule has 6 heteroatoms. The molecular formula is C36H39N3O3. The van der Waals surface area contributed by atoms with Gasteiger partial charge in [0.1, 0.15) is 12.3 Å². The number of H-pyrrole nitrogens is 1. The molecule has 5 aromatic rings. The molecule has 0 bridgehead atoms. The average molecular weight is 562 g/mol. The van der Waals surface area contributed by atoms with Crippen LogP contribution in [0.4, 0.5) is 0 Å². The van der Waals surface area contributed by atoms with Crippen LogP contribution in [0.2, 0.25) is 0 Å². The van der Waals surface area contributed by atoms with Crippen LogP contribution in [0, 0.1) is 5.92 Å². The first kappa shape index (κ1) is 28.9. The summed E-state index contributed by atoms with van der Waals surface area (Å²) in [6.45, 7) is 8.21. The van der Waals surface area contributed by atoms with Crippen molar-refractivity contribution in [3.05, 3.63) is 114 Å². The van der Waals surface area contributed by atoms with E-state index in [0.29, 0.717) is 38.2 Å². The van der Waals surface area contributed by atoms with E-state index in [0.717, 1.165) is 27.6 Å². The second kappa shape index (κ2) is 13.4. The molecule has 216 valence electrons. The van der Waals surface area contributed by atoms with E-state index in [-0.39, 0.29) is 24.3 Å². The zero-order valence-electron chi connectivity index (χ0n) is 24.7. The van der Waals surface area contributed by atoms with Gasteiger partial charge in [-0.3, -0.25) is 9.59 Å². The van der Waals surface area contributed by atoms with Crippen LogP contribution in [0.25, 0.3) is 21.7 Å². The first-order valence-electron chi connectivity index (χ1n) is 14.7. The lowest BCUT2D eigenvalue weighted by Crippen LogP contribution is -2.44. The van der Waals surface area contributed by atoms with Crippen molar-refractivity contribution in [2.45, 2.75) is 33.7 Å². The Labute approximate surface area is 247 Å². The van der Waals surface area contributed by atoms with E-state index < -0.39 is 0 Å². The summed E-state index contributed by atoms with van der Waals surface area (Å²) in [5, 5.41) is 3.26. The van der Waals surface area contributed by atoms with Gasteiger partial charge >= 0.3 is 0 Å². The molecular weight excluding hydrogens is 522 g/mol. The molecule has 1 aromatic heterocycles. The van der Waals surface area contributed by atoms with E-state index >= 15 is 0 Å². The maximum absolute atomic E-state index is 14.0. The first-order valence-corrected chi connectivity index (χ1v) is 14.7. The van der Waals surface area contributed by atoms with Gasteiger partial charge < -0.3 is 19.5 Å². The number of aromatic nitrogens is 1. The Morgan fingerprint density at radius 1 is 0.857 bits per heavy atom. The molecule has 0 aliphatic rings. The van der Waals surface area contributed by atoms with Crippen LogP contribution in [0.1, 0.15) is 42.3 Å². The van der Waals surface area contributed by atoms with Crippen molar-refractivity contribution in [1.82, 2.24) is 14.8 Å². The minimum absolute atomic E-state index is 0.0226. The summed E-state index contributed by atoms with van der Waals surface area (Å²) >= 11 is 0. The second-order valence-electron chi connectivity index (χ2n) is 11.1. The Hall–Kier alpha value is -4.58. The molecule has 0 fully saturated rings. The molecule has 0 aliphatic heterocycles. The van der Waals surface area contributed by atoms with Gasteiger partial charge in [-0.1, -0.05) is 74.5 Å². The van der Waals surface area contributed by atoms with Gasteiger partial charge in [0.25, 0.3) is 5.91 Å². The van der Waals surface area contributed by atoms with Crippen molar-refractivity contribution in [1.29, 1.82) is 0 Å². The molecule has 0 unspecified atom stereocenters. The maximum Gasteiger partial charge on any atom is 0.254 e. The van der Waals surface area contributed by atoms with Gasteiger partial charge in [-0.2, -0.15) is 0 Å². The SMILES string of the molecule is CCOc1ccc(CN(CCc2c[nH]c3ccccc23)C(=O)CN(CC(C)C)C(=O)c2ccc3ccccc3c2)cc1. The standard InChI is InChI=1S/C36H39N3O3/c1-4-42-32-17-13-27(14-18-32)24-38(20-19-31-22-37-34-12-8-7-11-33(31)34)35(40)25-39(23-26(2)3)36(41)30-16-15-28-9-5-6-10-29(28)21-30/h5-18,21-22,26,37H,4,19-20,23-25H2,1-3H3. The van der Waals surface area contributed by atoms with Gasteiger partial charge in [0.05, 0.1) is 6.61 Å². The van der Waals surface area contributed by atoms with Gasteiger partial charge in [0, 0.05) is 42.3 Å². The third-order valence-electron chi connectivity index (χ3n) is 7.48. The number of fused-ring (bicyclic) bond motifs is 2. The molecule has 0 saturated heterocycles. The van der Waals surface area contributed by atoms with Gasteiger partial charge in [-0.15, -0.1) is 0 Å². The fourth-order valence-corrected chi connectivity index (χ4v) is 5.39. The number of nitrogens with one attached hydrogen (secondary N) is 1. The summed E-state index contributed by atoms with van der Waals surface area (Å²) in [5.74, 6) is 0.828. The molecule has 1 heterocycles. The van der Waals surface area contributed by atoms with Crippen LogP contribution >= 0.6 is 0 Å². The van der Waals surface area contributed by atoms with Crippen molar-refractivity contribution in [3.63, 3.8) is 0 Å². The normalized spacial score (nSPS) is 11.2. The number of para-hydroxylation sites is 1. The minimum Gasteiger partial charge on any atom is -0.494 e. The highest BCUT2D eigenvalue weighted by Crippen LogP contribution is 2.21. The van der Waals surface area contributed by atoms with Crippen LogP contribution in [0.15, 0.2) is 97.2 Å². The molecule has 1 N–H and O–H groups in total. The molecule has 0 spiro atoms. The number of benzene rings is 4. The maximum atomic E-state index is 14.0. The Bertz CT molecular complexity index is 1650. The molecule has 0 radical (unpaired) electrons. The number of amides is 2. The summed E-state index contributed by atoms with van der Waals surface area (Å²) < 4.78 is 5.61. The lowest BCUT2D eigenvalue weighted by molar-refractivity contribution is -0.132. The Morgan fingerprint density at radius 2 is 1.60 bits per heavy atom. The lowest BCUT2D eigenvalue weighted by atomic mass is 10.1. The Morgan fingerprint density at radius 3 is 2.36 bits per heavy atom. The van der Waals surface area contributed by atoms with E-state index in [1.54, 1.807) is 4.90 Å². The molecule has 4 aromatic carbocycles. The number of aromatic amines is 1. The van der Waals surface area contributed by atoms with Gasteiger partial charge in [0.15, 0.2) is 0 Å². The van der Waals surface area contributed by atoms with E-state index in [4.69, 9.17) is 4.74 Å². The van der Waals surface area contributed by atoms with Crippen LogP contribution in [0.3, 0.4) is 0 Å². The molecule has 0 saturated carbocycles. The Balaban J connectivity index is 1.37. The van der Waals surface area contributed by atoms with Crippen LogP contribution < -0.4 is 4.74 Å². The van der Waals surface area contributed by atoms with Crippen molar-refractivity contribution >= 4 is 33.5 Å². The summed E-state index contributed by atoms with van der Waals surface area (Å²) in [4.78, 5) is 34.7. The van der Waals surface area contributed by atoms with Crippen molar-refractivity contribution < 1.29 is 14.3 Å². The topological polar surface area (TPSA) is 65.6 Å². The highest BCUT2D eigenvalue weighted by Gasteiger charge is 2.24. The Kier molecular flexibility index (Phi) is 9.22. The molecule has 2 amide bonds. The minimum atomic E-state index is -0.125. The summed E-state index contributed by atoms with van der Waals surface area (Å²) in [6, 6.07) is 29.8. The average Bonchev–Trinajstić information content (AvgIpc) is 3.42. The van der Waals surface area contributed by atoms with Gasteiger partial charge in [0.2, 0.25) is 5.91 Å². The largest absolute Gasteiger partial charge is 0.494 e. The number of nitrogens with zero attached hydrogens (tertiary/aromatic N) is 2. The highest BCUT2D eigenvalue weighted by molar-refractivity contribution is 6.00. The second-order valence-corrected chi connectivity index (χ2v) is 11.1. The van der Waals surface area contributed by atoms with Gasteiger partial charge in [-0.05, 0) is 71.5 Å². The fraction of sp³-hybridized carbons (Fsp3) is 0.278. The number of hydrogen-bond donors (Lipinski definition) is 1. The van der Waals surface area contributed by atoms with Crippen LogP contribution in [0.5, 0.6) is 5.75 Å². The van der Waals surface area contributed by atoms with Crippen molar-refractivity contribution in [2.24, 2.45) is 5.92 Å². The fourth-order valence-electron chi connectivity index (χ4n) is 5.39. The summed E-state index contributed by atoms with van der Waals surface area (Å²) in [6.07, 6.45) is 2.73. The smallest absolute Gasteiger partial charge is 0.254 e. The van der Waals surface area contributed by atoms with E-state index in [1.807, 2.05) is 96.9 Å². The van der Waals surface area contributed by atoms with E-state index in [1.165, 1.54) is 10.9 Å². The molecule has 0 aliphatic carbocycles. The van der Waals surface area contributed by atoms with Crippen LogP contribution in [-0.2, 0) is 17.8 Å². The number of rotatable bonds is 12. The molecule has 5 rings (SSSR count). The van der Waals surface area contributed by atoms with Crippen molar-refractivity contribution in [3.8, 4) is 5.75 Å². The predicted molar refractivity (Wildman–Crippen MR) is 170 cm³/mol. The van der Waals surface area contributed by atoms with E-state index in [9.17, 15) is 9.59 Å². The number of hydrogen-bond acceptors (Lipinski definition) is 3. The predicted octanol–water partition coefficient (Wildman–Crippen LogP) is 7.09. The van der Waals surface area contributed by atoms with Gasteiger partial charge in [-0.25, -0.2) is 0 Å². The zero-order chi connectivity index (χ0) is 29.5. The third-order valence-corrected chi connectivity index (χ3v) is 7.48. The number of ether oxygens (including phenoxy) is 1. The van der Waals surface area contributed by atoms with Crippen molar-refractivity contribution in [2.75, 3.05) is 26.2 Å². The monoisotopic (exact) mass is 561 g/mol. The molecule has 42 heavy (non-hydrogen) atoms. The summed E-state index contributed by atoms with van der Waals surface area (Å²) in [7, 11) is 0. The molecule has 6 nitrogen and oxygen atoms in total. The van der Waals surface area contributed by atoms with E-state index in [2.05, 4.69) is 31.0 Å². The van der Waals surface area contributed by atoms with Crippen LogP contribution in [-0.4, -0.2) is 52.8 Å². The molecule has 0 atom stereocenters. The quantitative estimate of drug-likeness (QED) is 0.177. The zero-order valence-corrected chi connectivity index (χ0v) is 24.7. The first-order chi connectivity index (χ1) is 20.4. The lowest BCUT2D eigenvalue weighted by Gasteiger charge is -2.29. The number of carbonyl (C=O) groups is 2.